The molecule has 0 saturated carbocycles. The van der Waals surface area contributed by atoms with Gasteiger partial charge in [-0.15, -0.1) is 0 Å². The molecule has 0 aliphatic heterocycles. The number of nitrogens with one attached hydrogen (secondary N) is 1. The fourth-order valence-electron chi connectivity index (χ4n) is 2.15. The Balaban J connectivity index is 2.39. The zero-order chi connectivity index (χ0) is 14.8. The highest BCUT2D eigenvalue weighted by molar-refractivity contribution is 5.97. The SMILES string of the molecule is CCCCCCC(C)NC(=O)C(C)=Cc1ccccc1. The lowest BCUT2D eigenvalue weighted by atomic mass is 10.1. The van der Waals surface area contributed by atoms with E-state index in [1.807, 2.05) is 43.3 Å². The van der Waals surface area contributed by atoms with Gasteiger partial charge in [0.15, 0.2) is 0 Å². The maximum absolute atomic E-state index is 12.1. The molecule has 1 aromatic carbocycles. The molecule has 0 radical (unpaired) electrons. The molecule has 2 nitrogen and oxygen atoms in total. The van der Waals surface area contributed by atoms with E-state index in [2.05, 4.69) is 19.2 Å². The summed E-state index contributed by atoms with van der Waals surface area (Å²) in [6, 6.07) is 10.2. The van der Waals surface area contributed by atoms with Gasteiger partial charge in [-0.3, -0.25) is 4.79 Å². The van der Waals surface area contributed by atoms with Crippen LogP contribution in [0.3, 0.4) is 0 Å². The fraction of sp³-hybridized carbons (Fsp3) is 0.500. The van der Waals surface area contributed by atoms with Crippen molar-refractivity contribution in [1.29, 1.82) is 0 Å². The average Bonchev–Trinajstić information content (AvgIpc) is 2.44. The molecule has 0 aromatic heterocycles. The van der Waals surface area contributed by atoms with E-state index < -0.39 is 0 Å². The minimum absolute atomic E-state index is 0.0387. The van der Waals surface area contributed by atoms with Gasteiger partial charge in [-0.1, -0.05) is 62.9 Å². The Labute approximate surface area is 123 Å². The molecular formula is C18H27NO. The highest BCUT2D eigenvalue weighted by atomic mass is 16.1. The van der Waals surface area contributed by atoms with Crippen LogP contribution in [0.25, 0.3) is 6.08 Å². The Kier molecular flexibility index (Phi) is 7.71. The van der Waals surface area contributed by atoms with Crippen LogP contribution in [-0.4, -0.2) is 11.9 Å². The molecule has 0 fully saturated rings. The van der Waals surface area contributed by atoms with E-state index in [9.17, 15) is 4.79 Å². The summed E-state index contributed by atoms with van der Waals surface area (Å²) in [5.74, 6) is 0.0387. The van der Waals surface area contributed by atoms with Crippen LogP contribution in [0.1, 0.15) is 58.4 Å². The lowest BCUT2D eigenvalue weighted by molar-refractivity contribution is -0.118. The molecular weight excluding hydrogens is 246 g/mol. The van der Waals surface area contributed by atoms with Crippen LogP contribution in [0.5, 0.6) is 0 Å². The lowest BCUT2D eigenvalue weighted by Gasteiger charge is -2.14. The van der Waals surface area contributed by atoms with Gasteiger partial charge in [-0.05, 0) is 31.9 Å². The minimum Gasteiger partial charge on any atom is -0.350 e. The zero-order valence-electron chi connectivity index (χ0n) is 13.0. The number of unbranched alkanes of at least 4 members (excludes halogenated alkanes) is 3. The zero-order valence-corrected chi connectivity index (χ0v) is 13.0. The molecule has 0 saturated heterocycles. The van der Waals surface area contributed by atoms with Gasteiger partial charge in [0.2, 0.25) is 5.91 Å². The summed E-state index contributed by atoms with van der Waals surface area (Å²) < 4.78 is 0. The number of carbonyl (C=O) groups excluding carboxylic acids is 1. The standard InChI is InChI=1S/C18H27NO/c1-4-5-6-8-11-16(3)19-18(20)15(2)14-17-12-9-7-10-13-17/h7,9-10,12-14,16H,4-6,8,11H2,1-3H3,(H,19,20). The average molecular weight is 273 g/mol. The van der Waals surface area contributed by atoms with Crippen molar-refractivity contribution in [3.05, 3.63) is 41.5 Å². The van der Waals surface area contributed by atoms with E-state index >= 15 is 0 Å². The lowest BCUT2D eigenvalue weighted by Crippen LogP contribution is -2.32. The number of hydrogen-bond donors (Lipinski definition) is 1. The third kappa shape index (κ3) is 6.55. The summed E-state index contributed by atoms with van der Waals surface area (Å²) >= 11 is 0. The molecule has 1 rings (SSSR count). The van der Waals surface area contributed by atoms with Gasteiger partial charge in [0.05, 0.1) is 0 Å². The van der Waals surface area contributed by atoms with Crippen molar-refractivity contribution in [2.24, 2.45) is 0 Å². The molecule has 0 spiro atoms. The van der Waals surface area contributed by atoms with Gasteiger partial charge in [0, 0.05) is 11.6 Å². The summed E-state index contributed by atoms with van der Waals surface area (Å²) in [5.41, 5.74) is 1.83. The van der Waals surface area contributed by atoms with Crippen molar-refractivity contribution in [2.75, 3.05) is 0 Å². The van der Waals surface area contributed by atoms with E-state index in [-0.39, 0.29) is 11.9 Å². The van der Waals surface area contributed by atoms with Crippen molar-refractivity contribution in [1.82, 2.24) is 5.32 Å². The van der Waals surface area contributed by atoms with Crippen molar-refractivity contribution < 1.29 is 4.79 Å². The molecule has 0 bridgehead atoms. The third-order valence-corrected chi connectivity index (χ3v) is 3.41. The molecule has 2 heteroatoms. The quantitative estimate of drug-likeness (QED) is 0.546. The summed E-state index contributed by atoms with van der Waals surface area (Å²) in [6.45, 7) is 6.16. The van der Waals surface area contributed by atoms with Gasteiger partial charge < -0.3 is 5.32 Å². The highest BCUT2D eigenvalue weighted by Gasteiger charge is 2.08. The Morgan fingerprint density at radius 2 is 1.90 bits per heavy atom. The van der Waals surface area contributed by atoms with Gasteiger partial charge in [0.25, 0.3) is 0 Å². The molecule has 1 atom stereocenters. The van der Waals surface area contributed by atoms with Crippen LogP contribution in [0.2, 0.25) is 0 Å². The van der Waals surface area contributed by atoms with E-state index in [0.717, 1.165) is 17.6 Å². The Hall–Kier alpha value is -1.57. The van der Waals surface area contributed by atoms with Gasteiger partial charge >= 0.3 is 0 Å². The highest BCUT2D eigenvalue weighted by Crippen LogP contribution is 2.08. The normalized spacial score (nSPS) is 13.1. The Bertz CT molecular complexity index is 422. The second-order valence-corrected chi connectivity index (χ2v) is 5.46. The minimum atomic E-state index is 0.0387. The molecule has 20 heavy (non-hydrogen) atoms. The third-order valence-electron chi connectivity index (χ3n) is 3.41. The van der Waals surface area contributed by atoms with Crippen molar-refractivity contribution in [3.63, 3.8) is 0 Å². The summed E-state index contributed by atoms with van der Waals surface area (Å²) in [6.07, 6.45) is 7.98. The fourth-order valence-corrected chi connectivity index (χ4v) is 2.15. The molecule has 0 aliphatic rings. The first kappa shape index (κ1) is 16.5. The number of hydrogen-bond acceptors (Lipinski definition) is 1. The number of rotatable bonds is 8. The van der Waals surface area contributed by atoms with Crippen LogP contribution in [0.4, 0.5) is 0 Å². The predicted molar refractivity (Wildman–Crippen MR) is 86.5 cm³/mol. The van der Waals surface area contributed by atoms with Crippen LogP contribution in [0.15, 0.2) is 35.9 Å². The monoisotopic (exact) mass is 273 g/mol. The van der Waals surface area contributed by atoms with E-state index in [0.29, 0.717) is 0 Å². The second-order valence-electron chi connectivity index (χ2n) is 5.46. The van der Waals surface area contributed by atoms with E-state index in [4.69, 9.17) is 0 Å². The van der Waals surface area contributed by atoms with E-state index in [1.54, 1.807) is 0 Å². The topological polar surface area (TPSA) is 29.1 Å². The Morgan fingerprint density at radius 3 is 2.55 bits per heavy atom. The number of benzene rings is 1. The van der Waals surface area contributed by atoms with Crippen molar-refractivity contribution >= 4 is 12.0 Å². The largest absolute Gasteiger partial charge is 0.350 e. The van der Waals surface area contributed by atoms with Gasteiger partial charge in [-0.2, -0.15) is 0 Å². The van der Waals surface area contributed by atoms with Gasteiger partial charge in [0.1, 0.15) is 0 Å². The molecule has 1 N–H and O–H groups in total. The van der Waals surface area contributed by atoms with Crippen LogP contribution in [-0.2, 0) is 4.79 Å². The molecule has 1 amide bonds. The van der Waals surface area contributed by atoms with Crippen molar-refractivity contribution in [3.8, 4) is 0 Å². The molecule has 0 heterocycles. The first-order valence-corrected chi connectivity index (χ1v) is 7.67. The summed E-state index contributed by atoms with van der Waals surface area (Å²) in [4.78, 5) is 12.1. The second kappa shape index (κ2) is 9.35. The van der Waals surface area contributed by atoms with Crippen LogP contribution >= 0.6 is 0 Å². The molecule has 110 valence electrons. The number of amides is 1. The molecule has 1 aromatic rings. The summed E-state index contributed by atoms with van der Waals surface area (Å²) in [7, 11) is 0. The summed E-state index contributed by atoms with van der Waals surface area (Å²) in [5, 5.41) is 3.07. The molecule has 0 aliphatic carbocycles. The first-order valence-electron chi connectivity index (χ1n) is 7.67. The van der Waals surface area contributed by atoms with Crippen molar-refractivity contribution in [2.45, 2.75) is 58.9 Å². The van der Waals surface area contributed by atoms with Gasteiger partial charge in [-0.25, -0.2) is 0 Å². The Morgan fingerprint density at radius 1 is 1.20 bits per heavy atom. The smallest absolute Gasteiger partial charge is 0.247 e. The van der Waals surface area contributed by atoms with E-state index in [1.165, 1.54) is 25.7 Å². The maximum Gasteiger partial charge on any atom is 0.247 e. The maximum atomic E-state index is 12.1. The van der Waals surface area contributed by atoms with Crippen LogP contribution < -0.4 is 5.32 Å². The predicted octanol–water partition coefficient (Wildman–Crippen LogP) is 4.57. The number of carbonyl (C=O) groups is 1. The van der Waals surface area contributed by atoms with Crippen LogP contribution in [0, 0.1) is 0 Å². The first-order chi connectivity index (χ1) is 9.63. The molecule has 1 unspecified atom stereocenters.